The molecule has 12 heteroatoms. The summed E-state index contributed by atoms with van der Waals surface area (Å²) in [6.45, 7) is 0. The SMILES string of the molecule is N=C(N)Cc1ccc(C(=O)Oc2ccc(CC(=O)NC(CC(=O)O)C(=O)O)n3ccnc23)cc1. The summed E-state index contributed by atoms with van der Waals surface area (Å²) in [6.07, 6.45) is 2.23. The minimum atomic E-state index is -1.56. The van der Waals surface area contributed by atoms with Crippen LogP contribution in [0.5, 0.6) is 5.75 Å². The first kappa shape index (κ1) is 23.9. The number of fused-ring (bicyclic) bond motifs is 1. The molecule has 1 atom stereocenters. The first-order valence-electron chi connectivity index (χ1n) is 9.97. The number of nitrogens with one attached hydrogen (secondary N) is 2. The number of ether oxygens (including phenoxy) is 1. The maximum absolute atomic E-state index is 12.6. The van der Waals surface area contributed by atoms with Crippen LogP contribution >= 0.6 is 0 Å². The fraction of sp³-hybridized carbons (Fsp3) is 0.182. The Kier molecular flexibility index (Phi) is 7.21. The molecule has 12 nitrogen and oxygen atoms in total. The summed E-state index contributed by atoms with van der Waals surface area (Å²) in [6, 6.07) is 7.85. The minimum absolute atomic E-state index is 0.00571. The molecule has 3 aromatic rings. The predicted octanol–water partition coefficient (Wildman–Crippen LogP) is 0.619. The molecule has 0 aliphatic heterocycles. The van der Waals surface area contributed by atoms with Gasteiger partial charge in [0, 0.05) is 24.5 Å². The van der Waals surface area contributed by atoms with Crippen LogP contribution in [0.3, 0.4) is 0 Å². The molecule has 2 heterocycles. The number of amides is 1. The van der Waals surface area contributed by atoms with Crippen molar-refractivity contribution in [2.45, 2.75) is 25.3 Å². The summed E-state index contributed by atoms with van der Waals surface area (Å²) in [7, 11) is 0. The molecule has 6 N–H and O–H groups in total. The van der Waals surface area contributed by atoms with Gasteiger partial charge in [-0.25, -0.2) is 14.6 Å². The van der Waals surface area contributed by atoms with Crippen molar-refractivity contribution in [3.8, 4) is 5.75 Å². The van der Waals surface area contributed by atoms with E-state index in [2.05, 4.69) is 10.3 Å². The van der Waals surface area contributed by atoms with E-state index >= 15 is 0 Å². The van der Waals surface area contributed by atoms with Gasteiger partial charge in [0.1, 0.15) is 6.04 Å². The molecule has 3 rings (SSSR count). The number of carboxylic acid groups (broad SMARTS) is 2. The average Bonchev–Trinajstić information content (AvgIpc) is 3.25. The van der Waals surface area contributed by atoms with Crippen molar-refractivity contribution in [2.75, 3.05) is 0 Å². The zero-order valence-electron chi connectivity index (χ0n) is 17.7. The molecule has 0 aliphatic carbocycles. The summed E-state index contributed by atoms with van der Waals surface area (Å²) in [5.74, 6) is -4.00. The number of nitrogens with two attached hydrogens (primary N) is 1. The van der Waals surface area contributed by atoms with Gasteiger partial charge in [-0.3, -0.25) is 15.0 Å². The molecule has 2 aromatic heterocycles. The Morgan fingerprint density at radius 3 is 2.41 bits per heavy atom. The number of rotatable bonds is 10. The minimum Gasteiger partial charge on any atom is -0.481 e. The van der Waals surface area contributed by atoms with Gasteiger partial charge in [-0.1, -0.05) is 12.1 Å². The molecular formula is C22H21N5O7. The molecular weight excluding hydrogens is 446 g/mol. The molecule has 0 saturated carbocycles. The van der Waals surface area contributed by atoms with Gasteiger partial charge >= 0.3 is 17.9 Å². The molecule has 0 spiro atoms. The predicted molar refractivity (Wildman–Crippen MR) is 118 cm³/mol. The number of esters is 1. The Labute approximate surface area is 192 Å². The third-order valence-corrected chi connectivity index (χ3v) is 4.74. The zero-order valence-corrected chi connectivity index (χ0v) is 17.7. The second-order valence-corrected chi connectivity index (χ2v) is 7.33. The van der Waals surface area contributed by atoms with Crippen LogP contribution in [-0.4, -0.2) is 55.3 Å². The fourth-order valence-corrected chi connectivity index (χ4v) is 3.19. The lowest BCUT2D eigenvalue weighted by molar-refractivity contribution is -0.147. The number of imidazole rings is 1. The smallest absolute Gasteiger partial charge is 0.343 e. The summed E-state index contributed by atoms with van der Waals surface area (Å²) in [4.78, 5) is 51.0. The van der Waals surface area contributed by atoms with Crippen LogP contribution in [0.25, 0.3) is 5.65 Å². The number of pyridine rings is 1. The summed E-state index contributed by atoms with van der Waals surface area (Å²) >= 11 is 0. The van der Waals surface area contributed by atoms with E-state index in [1.807, 2.05) is 0 Å². The second kappa shape index (κ2) is 10.3. The van der Waals surface area contributed by atoms with E-state index in [4.69, 9.17) is 26.1 Å². The van der Waals surface area contributed by atoms with Crippen LogP contribution in [0.4, 0.5) is 0 Å². The van der Waals surface area contributed by atoms with Gasteiger partial charge in [-0.15, -0.1) is 0 Å². The molecule has 0 fully saturated rings. The molecule has 176 valence electrons. The number of benzene rings is 1. The monoisotopic (exact) mass is 467 g/mol. The highest BCUT2D eigenvalue weighted by Crippen LogP contribution is 2.22. The number of carbonyl (C=O) groups is 4. The topological polar surface area (TPSA) is 197 Å². The summed E-state index contributed by atoms with van der Waals surface area (Å²) < 4.78 is 6.97. The molecule has 0 radical (unpaired) electrons. The third kappa shape index (κ3) is 5.94. The Bertz CT molecular complexity index is 1270. The highest BCUT2D eigenvalue weighted by atomic mass is 16.5. The third-order valence-electron chi connectivity index (χ3n) is 4.74. The Hall–Kier alpha value is -4.74. The lowest BCUT2D eigenvalue weighted by Crippen LogP contribution is -2.43. The Morgan fingerprint density at radius 2 is 1.79 bits per heavy atom. The number of amidine groups is 1. The van der Waals surface area contributed by atoms with Crippen LogP contribution in [0.2, 0.25) is 0 Å². The van der Waals surface area contributed by atoms with Crippen molar-refractivity contribution in [3.63, 3.8) is 0 Å². The summed E-state index contributed by atoms with van der Waals surface area (Å²) in [5.41, 5.74) is 7.09. The van der Waals surface area contributed by atoms with Gasteiger partial charge in [0.15, 0.2) is 11.4 Å². The van der Waals surface area contributed by atoms with E-state index in [0.717, 1.165) is 5.56 Å². The molecule has 1 aromatic carbocycles. The number of aromatic nitrogens is 2. The maximum Gasteiger partial charge on any atom is 0.343 e. The van der Waals surface area contributed by atoms with E-state index in [-0.39, 0.29) is 35.6 Å². The highest BCUT2D eigenvalue weighted by molar-refractivity contribution is 5.92. The first-order valence-corrected chi connectivity index (χ1v) is 9.97. The molecule has 34 heavy (non-hydrogen) atoms. The maximum atomic E-state index is 12.6. The number of carbonyl (C=O) groups excluding carboxylic acids is 2. The van der Waals surface area contributed by atoms with Gasteiger partial charge in [-0.05, 0) is 29.8 Å². The highest BCUT2D eigenvalue weighted by Gasteiger charge is 2.23. The number of hydrogen-bond acceptors (Lipinski definition) is 7. The zero-order chi connectivity index (χ0) is 24.8. The molecule has 0 bridgehead atoms. The Morgan fingerprint density at radius 1 is 1.09 bits per heavy atom. The van der Waals surface area contributed by atoms with Gasteiger partial charge < -0.3 is 30.4 Å². The molecule has 0 aliphatic rings. The van der Waals surface area contributed by atoms with Crippen molar-refractivity contribution >= 4 is 35.3 Å². The van der Waals surface area contributed by atoms with Gasteiger partial charge in [-0.2, -0.15) is 0 Å². The molecule has 1 unspecified atom stereocenters. The largest absolute Gasteiger partial charge is 0.481 e. The second-order valence-electron chi connectivity index (χ2n) is 7.33. The van der Waals surface area contributed by atoms with Crippen LogP contribution < -0.4 is 15.8 Å². The average molecular weight is 467 g/mol. The lowest BCUT2D eigenvalue weighted by Gasteiger charge is -2.14. The van der Waals surface area contributed by atoms with Crippen molar-refractivity contribution in [2.24, 2.45) is 5.73 Å². The van der Waals surface area contributed by atoms with Gasteiger partial charge in [0.05, 0.1) is 24.2 Å². The fourth-order valence-electron chi connectivity index (χ4n) is 3.19. The number of hydrogen-bond donors (Lipinski definition) is 5. The number of nitrogens with zero attached hydrogens (tertiary/aromatic N) is 2. The van der Waals surface area contributed by atoms with Crippen molar-refractivity contribution in [1.82, 2.24) is 14.7 Å². The van der Waals surface area contributed by atoms with Crippen molar-refractivity contribution < 1.29 is 34.1 Å². The van der Waals surface area contributed by atoms with Crippen molar-refractivity contribution in [1.29, 1.82) is 5.41 Å². The van der Waals surface area contributed by atoms with E-state index in [9.17, 15) is 19.2 Å². The van der Waals surface area contributed by atoms with E-state index < -0.39 is 36.3 Å². The standard InChI is InChI=1S/C22H21N5O7/c23-17(24)9-12-1-3-13(4-2-12)22(33)34-16-6-5-14(27-8-7-25-20(16)27)10-18(28)26-15(21(31)32)11-19(29)30/h1-8,15H,9-11H2,(H3,23,24)(H,26,28)(H,29,30)(H,31,32). The number of carboxylic acids is 2. The first-order chi connectivity index (χ1) is 16.1. The van der Waals surface area contributed by atoms with E-state index in [1.54, 1.807) is 24.3 Å². The van der Waals surface area contributed by atoms with Crippen LogP contribution in [0, 0.1) is 5.41 Å². The van der Waals surface area contributed by atoms with Crippen molar-refractivity contribution in [3.05, 3.63) is 65.6 Å². The van der Waals surface area contributed by atoms with E-state index in [1.165, 1.54) is 28.9 Å². The quantitative estimate of drug-likeness (QED) is 0.161. The van der Waals surface area contributed by atoms with Gasteiger partial charge in [0.2, 0.25) is 5.91 Å². The van der Waals surface area contributed by atoms with Crippen LogP contribution in [0.15, 0.2) is 48.8 Å². The molecule has 1 amide bonds. The molecule has 0 saturated heterocycles. The van der Waals surface area contributed by atoms with Crippen LogP contribution in [0.1, 0.15) is 28.0 Å². The lowest BCUT2D eigenvalue weighted by atomic mass is 10.1. The van der Waals surface area contributed by atoms with Gasteiger partial charge in [0.25, 0.3) is 0 Å². The number of aliphatic carboxylic acids is 2. The Balaban J connectivity index is 1.74. The van der Waals surface area contributed by atoms with Crippen LogP contribution in [-0.2, 0) is 27.2 Å². The normalized spacial score (nSPS) is 11.5. The summed E-state index contributed by atoms with van der Waals surface area (Å²) in [5, 5.41) is 27.4. The van der Waals surface area contributed by atoms with E-state index in [0.29, 0.717) is 5.69 Å².